The van der Waals surface area contributed by atoms with Crippen molar-refractivity contribution >= 4 is 5.78 Å². The molecule has 2 unspecified atom stereocenters. The van der Waals surface area contributed by atoms with Crippen LogP contribution in [0.25, 0.3) is 0 Å². The molecule has 0 aliphatic carbocycles. The zero-order valence-electron chi connectivity index (χ0n) is 9.33. The first-order valence-electron chi connectivity index (χ1n) is 4.69. The molecule has 0 N–H and O–H groups in total. The molecule has 0 aliphatic rings. The summed E-state index contributed by atoms with van der Waals surface area (Å²) in [4.78, 5) is 13.1. The Morgan fingerprint density at radius 3 is 2.31 bits per heavy atom. The van der Waals surface area contributed by atoms with E-state index in [1.807, 2.05) is 7.05 Å². The minimum absolute atomic E-state index is 0.240. The topological polar surface area (TPSA) is 29.5 Å². The summed E-state index contributed by atoms with van der Waals surface area (Å²) in [6, 6.07) is 0.655. The largest absolute Gasteiger partial charge is 0.383 e. The number of methoxy groups -OCH3 is 1. The summed E-state index contributed by atoms with van der Waals surface area (Å²) in [5, 5.41) is 0. The van der Waals surface area contributed by atoms with Gasteiger partial charge in [-0.1, -0.05) is 0 Å². The van der Waals surface area contributed by atoms with Crippen molar-refractivity contribution in [3.63, 3.8) is 0 Å². The van der Waals surface area contributed by atoms with Crippen LogP contribution in [0.15, 0.2) is 0 Å². The maximum absolute atomic E-state index is 10.9. The van der Waals surface area contributed by atoms with Crippen LogP contribution in [0.1, 0.15) is 27.2 Å². The second-order valence-corrected chi connectivity index (χ2v) is 3.72. The van der Waals surface area contributed by atoms with Gasteiger partial charge in [-0.25, -0.2) is 0 Å². The predicted octanol–water partition coefficient (Wildman–Crippen LogP) is 1.32. The van der Waals surface area contributed by atoms with E-state index in [0.29, 0.717) is 25.1 Å². The van der Waals surface area contributed by atoms with Gasteiger partial charge in [0.25, 0.3) is 0 Å². The molecule has 0 heterocycles. The lowest BCUT2D eigenvalue weighted by atomic mass is 10.1. The van der Waals surface area contributed by atoms with E-state index in [1.54, 1.807) is 14.0 Å². The molecule has 3 nitrogen and oxygen atoms in total. The van der Waals surface area contributed by atoms with Crippen LogP contribution in [-0.4, -0.2) is 43.5 Å². The lowest BCUT2D eigenvalue weighted by Gasteiger charge is -2.29. The van der Waals surface area contributed by atoms with Gasteiger partial charge in [0, 0.05) is 25.6 Å². The summed E-state index contributed by atoms with van der Waals surface area (Å²) in [5.41, 5.74) is 0. The molecular formula is C10H21NO2. The first kappa shape index (κ1) is 12.6. The van der Waals surface area contributed by atoms with E-state index in [9.17, 15) is 4.79 Å². The molecule has 13 heavy (non-hydrogen) atoms. The molecule has 0 aromatic carbocycles. The van der Waals surface area contributed by atoms with Gasteiger partial charge in [-0.15, -0.1) is 0 Å². The summed E-state index contributed by atoms with van der Waals surface area (Å²) in [5.74, 6) is 0.240. The minimum atomic E-state index is 0.240. The van der Waals surface area contributed by atoms with Crippen LogP contribution in [0.4, 0.5) is 0 Å². The van der Waals surface area contributed by atoms with Crippen LogP contribution < -0.4 is 0 Å². The number of ketones is 1. The number of carbonyl (C=O) groups is 1. The third-order valence-corrected chi connectivity index (χ3v) is 2.38. The van der Waals surface area contributed by atoms with E-state index in [1.165, 1.54) is 0 Å². The Kier molecular flexibility index (Phi) is 5.91. The molecule has 2 atom stereocenters. The molecule has 0 spiro atoms. The maximum Gasteiger partial charge on any atom is 0.131 e. The summed E-state index contributed by atoms with van der Waals surface area (Å²) in [6.45, 7) is 6.50. The van der Waals surface area contributed by atoms with Gasteiger partial charge in [0.15, 0.2) is 0 Å². The number of ether oxygens (including phenoxy) is 1. The number of nitrogens with zero attached hydrogens (tertiary/aromatic N) is 1. The molecule has 0 bridgehead atoms. The van der Waals surface area contributed by atoms with Crippen molar-refractivity contribution in [1.29, 1.82) is 0 Å². The van der Waals surface area contributed by atoms with E-state index in [-0.39, 0.29) is 5.78 Å². The van der Waals surface area contributed by atoms with Crippen molar-refractivity contribution in [2.24, 2.45) is 0 Å². The van der Waals surface area contributed by atoms with Gasteiger partial charge in [-0.05, 0) is 27.8 Å². The number of rotatable bonds is 6. The third-order valence-electron chi connectivity index (χ3n) is 2.38. The first-order valence-corrected chi connectivity index (χ1v) is 4.69. The summed E-state index contributed by atoms with van der Waals surface area (Å²) in [7, 11) is 3.72. The average Bonchev–Trinajstić information content (AvgIpc) is 2.02. The highest BCUT2D eigenvalue weighted by atomic mass is 16.5. The lowest BCUT2D eigenvalue weighted by Crippen LogP contribution is -2.40. The van der Waals surface area contributed by atoms with Gasteiger partial charge < -0.3 is 4.74 Å². The number of likely N-dealkylation sites (N-methyl/N-ethyl adjacent to an activating group) is 1. The van der Waals surface area contributed by atoms with Crippen LogP contribution in [0.5, 0.6) is 0 Å². The van der Waals surface area contributed by atoms with Gasteiger partial charge in [-0.3, -0.25) is 9.69 Å². The second-order valence-electron chi connectivity index (χ2n) is 3.72. The lowest BCUT2D eigenvalue weighted by molar-refractivity contribution is -0.118. The van der Waals surface area contributed by atoms with E-state index in [2.05, 4.69) is 18.7 Å². The molecule has 0 rings (SSSR count). The van der Waals surface area contributed by atoms with E-state index < -0.39 is 0 Å². The zero-order chi connectivity index (χ0) is 10.4. The quantitative estimate of drug-likeness (QED) is 0.628. The smallest absolute Gasteiger partial charge is 0.131 e. The van der Waals surface area contributed by atoms with E-state index in [4.69, 9.17) is 4.74 Å². The fraction of sp³-hybridized carbons (Fsp3) is 0.900. The standard InChI is InChI=1S/C10H21NO2/c1-8(6-10(3)12)11(4)9(2)7-13-5/h8-9H,6-7H2,1-5H3. The SMILES string of the molecule is COCC(C)N(C)C(C)CC(C)=O. The fourth-order valence-corrected chi connectivity index (χ4v) is 1.35. The van der Waals surface area contributed by atoms with Gasteiger partial charge in [0.05, 0.1) is 6.61 Å². The zero-order valence-corrected chi connectivity index (χ0v) is 9.33. The van der Waals surface area contributed by atoms with Crippen molar-refractivity contribution in [2.45, 2.75) is 39.3 Å². The minimum Gasteiger partial charge on any atom is -0.383 e. The molecular weight excluding hydrogens is 166 g/mol. The summed E-state index contributed by atoms with van der Waals surface area (Å²) in [6.07, 6.45) is 0.616. The molecule has 0 aromatic rings. The Labute approximate surface area is 81.1 Å². The van der Waals surface area contributed by atoms with Gasteiger partial charge >= 0.3 is 0 Å². The third kappa shape index (κ3) is 5.01. The monoisotopic (exact) mass is 187 g/mol. The summed E-state index contributed by atoms with van der Waals surface area (Å²) < 4.78 is 5.05. The maximum atomic E-state index is 10.9. The van der Waals surface area contributed by atoms with Crippen molar-refractivity contribution < 1.29 is 9.53 Å². The van der Waals surface area contributed by atoms with Gasteiger partial charge in [0.2, 0.25) is 0 Å². The highest BCUT2D eigenvalue weighted by Gasteiger charge is 2.16. The second kappa shape index (κ2) is 6.11. The summed E-state index contributed by atoms with van der Waals surface area (Å²) >= 11 is 0. The number of hydrogen-bond acceptors (Lipinski definition) is 3. The average molecular weight is 187 g/mol. The van der Waals surface area contributed by atoms with E-state index in [0.717, 1.165) is 0 Å². The first-order chi connectivity index (χ1) is 5.99. The molecule has 0 fully saturated rings. The molecule has 0 aromatic heterocycles. The van der Waals surface area contributed by atoms with Crippen LogP contribution in [0, 0.1) is 0 Å². The molecule has 0 radical (unpaired) electrons. The van der Waals surface area contributed by atoms with Crippen molar-refractivity contribution in [3.8, 4) is 0 Å². The Balaban J connectivity index is 3.92. The normalized spacial score (nSPS) is 15.8. The number of hydrogen-bond donors (Lipinski definition) is 0. The number of carbonyl (C=O) groups excluding carboxylic acids is 1. The molecule has 0 saturated heterocycles. The van der Waals surface area contributed by atoms with E-state index >= 15 is 0 Å². The Morgan fingerprint density at radius 2 is 1.92 bits per heavy atom. The Hall–Kier alpha value is -0.410. The molecule has 0 aliphatic heterocycles. The van der Waals surface area contributed by atoms with Crippen LogP contribution >= 0.6 is 0 Å². The van der Waals surface area contributed by atoms with Crippen molar-refractivity contribution in [2.75, 3.05) is 20.8 Å². The van der Waals surface area contributed by atoms with Crippen LogP contribution in [0.3, 0.4) is 0 Å². The van der Waals surface area contributed by atoms with Crippen molar-refractivity contribution in [1.82, 2.24) is 4.90 Å². The molecule has 3 heteroatoms. The predicted molar refractivity (Wildman–Crippen MR) is 53.9 cm³/mol. The highest BCUT2D eigenvalue weighted by Crippen LogP contribution is 2.06. The molecule has 0 amide bonds. The number of Topliss-reactive ketones (excluding diaryl/α,β-unsaturated/α-hetero) is 1. The van der Waals surface area contributed by atoms with Crippen LogP contribution in [0.2, 0.25) is 0 Å². The van der Waals surface area contributed by atoms with Gasteiger partial charge in [0.1, 0.15) is 5.78 Å². The van der Waals surface area contributed by atoms with Crippen molar-refractivity contribution in [3.05, 3.63) is 0 Å². The Bertz CT molecular complexity index is 159. The Morgan fingerprint density at radius 1 is 1.38 bits per heavy atom. The highest BCUT2D eigenvalue weighted by molar-refractivity contribution is 5.76. The van der Waals surface area contributed by atoms with Crippen LogP contribution in [-0.2, 0) is 9.53 Å². The van der Waals surface area contributed by atoms with Gasteiger partial charge in [-0.2, -0.15) is 0 Å². The molecule has 0 saturated carbocycles. The molecule has 78 valence electrons. The fourth-order valence-electron chi connectivity index (χ4n) is 1.35.